The van der Waals surface area contributed by atoms with Gasteiger partial charge in [-0.05, 0) is 36.8 Å². The molecule has 1 aliphatic rings. The van der Waals surface area contributed by atoms with Crippen LogP contribution in [0.2, 0.25) is 0 Å². The third kappa shape index (κ3) is 4.60. The van der Waals surface area contributed by atoms with Crippen molar-refractivity contribution in [3.63, 3.8) is 0 Å². The van der Waals surface area contributed by atoms with Crippen LogP contribution in [-0.2, 0) is 16.4 Å². The van der Waals surface area contributed by atoms with Gasteiger partial charge in [0, 0.05) is 12.2 Å². The van der Waals surface area contributed by atoms with E-state index in [-0.39, 0.29) is 11.5 Å². The molecule has 138 valence electrons. The number of hydrogen-bond donors (Lipinski definition) is 2. The summed E-state index contributed by atoms with van der Waals surface area (Å²) in [4.78, 5) is 1.78. The zero-order valence-electron chi connectivity index (χ0n) is 14.5. The van der Waals surface area contributed by atoms with Crippen molar-refractivity contribution in [3.05, 3.63) is 65.7 Å². The van der Waals surface area contributed by atoms with Gasteiger partial charge in [-0.2, -0.15) is 0 Å². The van der Waals surface area contributed by atoms with E-state index >= 15 is 0 Å². The average Bonchev–Trinajstić information content (AvgIpc) is 2.88. The molecule has 1 fully saturated rings. The Hall–Kier alpha value is -1.96. The molecule has 2 N–H and O–H groups in total. The summed E-state index contributed by atoms with van der Waals surface area (Å²) in [6, 6.07) is 16.9. The maximum absolute atomic E-state index is 12.0. The number of rotatable bonds is 4. The minimum Gasteiger partial charge on any atom is -0.390 e. The van der Waals surface area contributed by atoms with Crippen molar-refractivity contribution in [1.29, 1.82) is 0 Å². The molecule has 2 aromatic carbocycles. The van der Waals surface area contributed by atoms with Crippen LogP contribution >= 0.6 is 12.2 Å². The molecule has 26 heavy (non-hydrogen) atoms. The fraction of sp³-hybridized carbons (Fsp3) is 0.316. The molecule has 0 radical (unpaired) electrons. The normalized spacial score (nSPS) is 21.3. The summed E-state index contributed by atoms with van der Waals surface area (Å²) in [7, 11) is -3.27. The van der Waals surface area contributed by atoms with Crippen molar-refractivity contribution < 1.29 is 13.5 Å². The lowest BCUT2D eigenvalue weighted by Crippen LogP contribution is -2.47. The summed E-state index contributed by atoms with van der Waals surface area (Å²) in [6.45, 7) is 2.43. The number of benzene rings is 2. The van der Waals surface area contributed by atoms with E-state index in [1.165, 1.54) is 0 Å². The van der Waals surface area contributed by atoms with Gasteiger partial charge in [0.05, 0.1) is 23.7 Å². The van der Waals surface area contributed by atoms with Gasteiger partial charge in [0.25, 0.3) is 0 Å². The predicted octanol–water partition coefficient (Wildman–Crippen LogP) is 2.35. The van der Waals surface area contributed by atoms with Crippen LogP contribution in [0.3, 0.4) is 0 Å². The summed E-state index contributed by atoms with van der Waals surface area (Å²) in [6.07, 6.45) is -0.957. The number of sulfone groups is 1. The minimum atomic E-state index is -3.27. The highest BCUT2D eigenvalue weighted by Gasteiger charge is 2.41. The molecule has 0 saturated carbocycles. The largest absolute Gasteiger partial charge is 0.390 e. The van der Waals surface area contributed by atoms with Crippen molar-refractivity contribution >= 4 is 32.9 Å². The van der Waals surface area contributed by atoms with E-state index in [1.54, 1.807) is 4.90 Å². The first-order chi connectivity index (χ1) is 12.3. The van der Waals surface area contributed by atoms with Crippen molar-refractivity contribution in [3.8, 4) is 0 Å². The molecule has 2 atom stereocenters. The highest BCUT2D eigenvalue weighted by atomic mass is 32.2. The van der Waals surface area contributed by atoms with Gasteiger partial charge in [-0.1, -0.05) is 48.0 Å². The highest BCUT2D eigenvalue weighted by Crippen LogP contribution is 2.22. The standard InChI is InChI=1S/C19H22N2O3S2/c1-14-7-9-16(10-8-14)20-19(25)21(11-15-5-3-2-4-6-15)17-12-26(23,24)13-18(17)22/h2-10,17-18,22H,11-13H2,1H3,(H,20,25)/t17-,18+/m1/s1. The zero-order chi connectivity index (χ0) is 18.7. The smallest absolute Gasteiger partial charge is 0.174 e. The van der Waals surface area contributed by atoms with Gasteiger partial charge in [-0.3, -0.25) is 0 Å². The first-order valence-corrected chi connectivity index (χ1v) is 10.6. The van der Waals surface area contributed by atoms with Crippen molar-refractivity contribution in [2.75, 3.05) is 16.8 Å². The summed E-state index contributed by atoms with van der Waals surface area (Å²) in [5, 5.41) is 13.9. The molecule has 1 heterocycles. The molecular formula is C19H22N2O3S2. The Bertz CT molecular complexity index is 867. The average molecular weight is 391 g/mol. The molecule has 5 nitrogen and oxygen atoms in total. The second-order valence-corrected chi connectivity index (χ2v) is 9.16. The van der Waals surface area contributed by atoms with Gasteiger partial charge in [-0.15, -0.1) is 0 Å². The summed E-state index contributed by atoms with van der Waals surface area (Å²) in [5.41, 5.74) is 2.96. The second kappa shape index (κ2) is 7.73. The topological polar surface area (TPSA) is 69.6 Å². The zero-order valence-corrected chi connectivity index (χ0v) is 16.1. The monoisotopic (exact) mass is 390 g/mol. The van der Waals surface area contributed by atoms with Crippen LogP contribution < -0.4 is 5.32 Å². The van der Waals surface area contributed by atoms with Crippen molar-refractivity contribution in [2.24, 2.45) is 0 Å². The Labute approximate surface area is 159 Å². The lowest BCUT2D eigenvalue weighted by molar-refractivity contribution is 0.120. The van der Waals surface area contributed by atoms with Crippen molar-refractivity contribution in [2.45, 2.75) is 25.6 Å². The Balaban J connectivity index is 1.84. The molecule has 0 unspecified atom stereocenters. The Kier molecular flexibility index (Phi) is 5.60. The Morgan fingerprint density at radius 1 is 1.15 bits per heavy atom. The number of thiocarbonyl (C=S) groups is 1. The van der Waals surface area contributed by atoms with E-state index in [0.717, 1.165) is 16.8 Å². The van der Waals surface area contributed by atoms with E-state index < -0.39 is 22.0 Å². The van der Waals surface area contributed by atoms with Gasteiger partial charge in [0.2, 0.25) is 0 Å². The maximum atomic E-state index is 12.0. The first-order valence-electron chi connectivity index (χ1n) is 8.41. The molecule has 7 heteroatoms. The van der Waals surface area contributed by atoms with E-state index in [1.807, 2.05) is 61.5 Å². The Morgan fingerprint density at radius 2 is 1.81 bits per heavy atom. The van der Waals surface area contributed by atoms with Crippen LogP contribution in [0, 0.1) is 6.92 Å². The third-order valence-electron chi connectivity index (χ3n) is 4.45. The lowest BCUT2D eigenvalue weighted by Gasteiger charge is -2.33. The van der Waals surface area contributed by atoms with Crippen molar-refractivity contribution in [1.82, 2.24) is 4.90 Å². The van der Waals surface area contributed by atoms with Crippen LogP contribution in [0.25, 0.3) is 0 Å². The Morgan fingerprint density at radius 3 is 2.38 bits per heavy atom. The van der Waals surface area contributed by atoms with Crippen LogP contribution in [-0.4, -0.2) is 47.2 Å². The minimum absolute atomic E-state index is 0.100. The SMILES string of the molecule is Cc1ccc(NC(=S)N(Cc2ccccc2)[C@@H]2CS(=O)(=O)C[C@@H]2O)cc1. The summed E-state index contributed by atoms with van der Waals surface area (Å²) >= 11 is 5.56. The molecule has 0 aliphatic carbocycles. The summed E-state index contributed by atoms with van der Waals surface area (Å²) in [5.74, 6) is -0.327. The third-order valence-corrected chi connectivity index (χ3v) is 6.49. The number of aryl methyl sites for hydroxylation is 1. The number of aliphatic hydroxyl groups is 1. The molecule has 0 amide bonds. The van der Waals surface area contributed by atoms with E-state index in [4.69, 9.17) is 12.2 Å². The van der Waals surface area contributed by atoms with Gasteiger partial charge < -0.3 is 15.3 Å². The molecule has 0 bridgehead atoms. The van der Waals surface area contributed by atoms with Gasteiger partial charge in [0.15, 0.2) is 14.9 Å². The highest BCUT2D eigenvalue weighted by molar-refractivity contribution is 7.91. The quantitative estimate of drug-likeness (QED) is 0.781. The van der Waals surface area contributed by atoms with E-state index in [0.29, 0.717) is 11.7 Å². The molecule has 0 aromatic heterocycles. The molecule has 3 rings (SSSR count). The van der Waals surface area contributed by atoms with E-state index in [9.17, 15) is 13.5 Å². The second-order valence-electron chi connectivity index (χ2n) is 6.62. The fourth-order valence-electron chi connectivity index (χ4n) is 3.06. The van der Waals surface area contributed by atoms with Gasteiger partial charge in [0.1, 0.15) is 0 Å². The molecule has 0 spiro atoms. The van der Waals surface area contributed by atoms with Crippen LogP contribution in [0.1, 0.15) is 11.1 Å². The maximum Gasteiger partial charge on any atom is 0.174 e. The van der Waals surface area contributed by atoms with Gasteiger partial charge in [-0.25, -0.2) is 8.42 Å². The first kappa shape index (κ1) is 18.8. The lowest BCUT2D eigenvalue weighted by atomic mass is 10.1. The fourth-order valence-corrected chi connectivity index (χ4v) is 5.18. The van der Waals surface area contributed by atoms with Crippen LogP contribution in [0.4, 0.5) is 5.69 Å². The predicted molar refractivity (Wildman–Crippen MR) is 108 cm³/mol. The van der Waals surface area contributed by atoms with E-state index in [2.05, 4.69) is 5.32 Å². The number of anilines is 1. The molecule has 2 aromatic rings. The van der Waals surface area contributed by atoms with Crippen LogP contribution in [0.15, 0.2) is 54.6 Å². The van der Waals surface area contributed by atoms with Gasteiger partial charge >= 0.3 is 0 Å². The molecule has 1 saturated heterocycles. The number of hydrogen-bond acceptors (Lipinski definition) is 4. The molecule has 1 aliphatic heterocycles. The molecular weight excluding hydrogens is 368 g/mol. The van der Waals surface area contributed by atoms with Crippen LogP contribution in [0.5, 0.6) is 0 Å². The number of nitrogens with zero attached hydrogens (tertiary/aromatic N) is 1. The number of aliphatic hydroxyl groups excluding tert-OH is 1. The number of nitrogens with one attached hydrogen (secondary N) is 1. The summed E-state index contributed by atoms with van der Waals surface area (Å²) < 4.78 is 24.0.